The topological polar surface area (TPSA) is 86.7 Å². The van der Waals surface area contributed by atoms with Gasteiger partial charge < -0.3 is 8.92 Å². The highest BCUT2D eigenvalue weighted by Gasteiger charge is 2.37. The molecule has 1 aromatic rings. The number of ketones is 1. The predicted molar refractivity (Wildman–Crippen MR) is 86.3 cm³/mol. The van der Waals surface area contributed by atoms with Crippen LogP contribution in [0.1, 0.15) is 29.6 Å². The Hall–Kier alpha value is -1.86. The van der Waals surface area contributed by atoms with Gasteiger partial charge in [-0.2, -0.15) is 8.42 Å². The van der Waals surface area contributed by atoms with Gasteiger partial charge in [0.15, 0.2) is 5.78 Å². The molecule has 128 valence electrons. The fourth-order valence-corrected chi connectivity index (χ4v) is 3.74. The van der Waals surface area contributed by atoms with Crippen LogP contribution in [-0.2, 0) is 19.6 Å². The summed E-state index contributed by atoms with van der Waals surface area (Å²) in [5.74, 6) is -0.169. The van der Waals surface area contributed by atoms with Crippen molar-refractivity contribution in [2.24, 2.45) is 11.8 Å². The van der Waals surface area contributed by atoms with Crippen molar-refractivity contribution in [2.45, 2.75) is 19.3 Å². The summed E-state index contributed by atoms with van der Waals surface area (Å²) in [6.07, 6.45) is 4.67. The van der Waals surface area contributed by atoms with Crippen LogP contribution < -0.4 is 4.18 Å². The molecule has 2 aliphatic carbocycles. The lowest BCUT2D eigenvalue weighted by Gasteiger charge is -2.19. The van der Waals surface area contributed by atoms with Crippen molar-refractivity contribution in [3.8, 4) is 5.75 Å². The largest absolute Gasteiger partial charge is 0.427 e. The minimum atomic E-state index is -3.68. The van der Waals surface area contributed by atoms with E-state index in [4.69, 9.17) is 20.5 Å². The van der Waals surface area contributed by atoms with Crippen LogP contribution in [-0.4, -0.2) is 26.4 Å². The van der Waals surface area contributed by atoms with E-state index >= 15 is 0 Å². The van der Waals surface area contributed by atoms with Crippen LogP contribution in [0.4, 0.5) is 0 Å². The fourth-order valence-electron chi connectivity index (χ4n) is 3.04. The van der Waals surface area contributed by atoms with Gasteiger partial charge >= 0.3 is 16.1 Å². The normalized spacial score (nSPS) is 22.9. The van der Waals surface area contributed by atoms with Crippen LogP contribution in [0.3, 0.4) is 0 Å². The van der Waals surface area contributed by atoms with Crippen LogP contribution in [0.15, 0.2) is 30.0 Å². The number of esters is 1. The summed E-state index contributed by atoms with van der Waals surface area (Å²) >= 11 is 6.02. The van der Waals surface area contributed by atoms with Crippen LogP contribution >= 0.6 is 11.6 Å². The van der Waals surface area contributed by atoms with Crippen molar-refractivity contribution in [3.63, 3.8) is 0 Å². The summed E-state index contributed by atoms with van der Waals surface area (Å²) in [5.41, 5.74) is 0.0750. The molecule has 0 amide bonds. The number of hydrogen-bond donors (Lipinski definition) is 0. The number of carbonyl (C=O) groups is 2. The number of benzene rings is 1. The summed E-state index contributed by atoms with van der Waals surface area (Å²) in [7, 11) is -3.68. The zero-order valence-corrected chi connectivity index (χ0v) is 14.4. The Bertz CT molecular complexity index is 842. The molecule has 0 aliphatic heterocycles. The van der Waals surface area contributed by atoms with Gasteiger partial charge in [0.1, 0.15) is 11.5 Å². The molecule has 0 N–H and O–H groups in total. The predicted octanol–water partition coefficient (Wildman–Crippen LogP) is 2.72. The van der Waals surface area contributed by atoms with Crippen LogP contribution in [0.2, 0.25) is 5.02 Å². The first-order valence-corrected chi connectivity index (χ1v) is 9.59. The molecule has 6 nitrogen and oxygen atoms in total. The van der Waals surface area contributed by atoms with E-state index in [0.717, 1.165) is 19.1 Å². The zero-order valence-electron chi connectivity index (χ0n) is 12.8. The molecule has 0 saturated heterocycles. The number of carbonyl (C=O) groups excluding carboxylic acids is 2. The number of hydrogen-bond acceptors (Lipinski definition) is 6. The molecule has 8 heteroatoms. The van der Waals surface area contributed by atoms with E-state index in [1.165, 1.54) is 24.3 Å². The lowest BCUT2D eigenvalue weighted by atomic mass is 9.93. The molecule has 0 heterocycles. The van der Waals surface area contributed by atoms with Gasteiger partial charge in [0.2, 0.25) is 0 Å². The van der Waals surface area contributed by atoms with Gasteiger partial charge in [-0.25, -0.2) is 4.79 Å². The van der Waals surface area contributed by atoms with Crippen molar-refractivity contribution >= 4 is 33.5 Å². The maximum absolute atomic E-state index is 12.3. The number of rotatable bonds is 4. The highest BCUT2D eigenvalue weighted by atomic mass is 35.5. The molecule has 0 radical (unpaired) electrons. The van der Waals surface area contributed by atoms with Crippen molar-refractivity contribution < 1.29 is 26.9 Å². The van der Waals surface area contributed by atoms with Gasteiger partial charge in [-0.3, -0.25) is 4.79 Å². The number of ether oxygens (including phenoxy) is 1. The third kappa shape index (κ3) is 3.62. The summed E-state index contributed by atoms with van der Waals surface area (Å²) in [6, 6.07) is 3.87. The Morgan fingerprint density at radius 2 is 1.96 bits per heavy atom. The standard InChI is InChI=1S/C16H15ClO6S/c1-24(20,21)23-11-4-5-12(13(17)7-11)16(19)22-15-8-14(18)9-2-3-10(15)6-9/h4-5,7-10H,2-3,6H2,1H3. The molecular weight excluding hydrogens is 356 g/mol. The van der Waals surface area contributed by atoms with E-state index in [-0.39, 0.29) is 34.0 Å². The van der Waals surface area contributed by atoms with E-state index in [1.54, 1.807) is 0 Å². The monoisotopic (exact) mass is 370 g/mol. The third-order valence-electron chi connectivity index (χ3n) is 4.14. The molecular formula is C16H15ClO6S. The fraction of sp³-hybridized carbons (Fsp3) is 0.375. The van der Waals surface area contributed by atoms with Gasteiger partial charge in [0.05, 0.1) is 16.8 Å². The Balaban J connectivity index is 1.77. The van der Waals surface area contributed by atoms with Crippen molar-refractivity contribution in [1.29, 1.82) is 0 Å². The highest BCUT2D eigenvalue weighted by Crippen LogP contribution is 2.41. The Labute approximate surface area is 144 Å². The third-order valence-corrected chi connectivity index (χ3v) is 4.95. The average molecular weight is 371 g/mol. The van der Waals surface area contributed by atoms with E-state index in [0.29, 0.717) is 12.2 Å². The first kappa shape index (κ1) is 17.0. The Kier molecular flexibility index (Phi) is 4.40. The molecule has 0 spiro atoms. The minimum Gasteiger partial charge on any atom is -0.427 e. The molecule has 2 unspecified atom stereocenters. The van der Waals surface area contributed by atoms with Crippen molar-refractivity contribution in [3.05, 3.63) is 40.6 Å². The molecule has 0 aromatic heterocycles. The van der Waals surface area contributed by atoms with Gasteiger partial charge in [0, 0.05) is 24.0 Å². The number of fused-ring (bicyclic) bond motifs is 2. The maximum atomic E-state index is 12.3. The molecule has 3 rings (SSSR count). The van der Waals surface area contributed by atoms with E-state index in [9.17, 15) is 18.0 Å². The second-order valence-electron chi connectivity index (χ2n) is 5.97. The van der Waals surface area contributed by atoms with Crippen LogP contribution in [0.5, 0.6) is 5.75 Å². The summed E-state index contributed by atoms with van der Waals surface area (Å²) in [6.45, 7) is 0. The molecule has 1 aromatic carbocycles. The molecule has 1 saturated carbocycles. The lowest BCUT2D eigenvalue weighted by Crippen LogP contribution is -2.19. The van der Waals surface area contributed by atoms with Gasteiger partial charge in [-0.1, -0.05) is 11.6 Å². The SMILES string of the molecule is CS(=O)(=O)Oc1ccc(C(=O)OC2=CC(=O)C3CCC2C3)c(Cl)c1. The number of allylic oxidation sites excluding steroid dienone is 2. The smallest absolute Gasteiger partial charge is 0.344 e. The first-order chi connectivity index (χ1) is 11.2. The first-order valence-electron chi connectivity index (χ1n) is 7.39. The lowest BCUT2D eigenvalue weighted by molar-refractivity contribution is -0.118. The maximum Gasteiger partial charge on any atom is 0.344 e. The second kappa shape index (κ2) is 6.22. The summed E-state index contributed by atoms with van der Waals surface area (Å²) < 4.78 is 32.3. The van der Waals surface area contributed by atoms with E-state index in [2.05, 4.69) is 0 Å². The minimum absolute atomic E-state index is 0.00439. The molecule has 24 heavy (non-hydrogen) atoms. The average Bonchev–Trinajstić information content (AvgIpc) is 2.89. The van der Waals surface area contributed by atoms with Crippen molar-refractivity contribution in [2.75, 3.05) is 6.26 Å². The summed E-state index contributed by atoms with van der Waals surface area (Å²) in [5, 5.41) is 0.00758. The summed E-state index contributed by atoms with van der Waals surface area (Å²) in [4.78, 5) is 24.2. The van der Waals surface area contributed by atoms with Gasteiger partial charge in [0.25, 0.3) is 0 Å². The van der Waals surface area contributed by atoms with E-state index in [1.807, 2.05) is 0 Å². The van der Waals surface area contributed by atoms with Crippen LogP contribution in [0, 0.1) is 11.8 Å². The van der Waals surface area contributed by atoms with Crippen LogP contribution in [0.25, 0.3) is 0 Å². The Morgan fingerprint density at radius 3 is 2.62 bits per heavy atom. The quantitative estimate of drug-likeness (QED) is 0.598. The highest BCUT2D eigenvalue weighted by molar-refractivity contribution is 7.86. The molecule has 2 aliphatic rings. The second-order valence-corrected chi connectivity index (χ2v) is 7.96. The van der Waals surface area contributed by atoms with E-state index < -0.39 is 16.1 Å². The zero-order chi connectivity index (χ0) is 17.5. The van der Waals surface area contributed by atoms with Crippen molar-refractivity contribution in [1.82, 2.24) is 0 Å². The van der Waals surface area contributed by atoms with Gasteiger partial charge in [-0.15, -0.1) is 0 Å². The molecule has 2 bridgehead atoms. The number of halogens is 1. The van der Waals surface area contributed by atoms with Gasteiger partial charge in [-0.05, 0) is 31.4 Å². The molecule has 1 fully saturated rings. The molecule has 2 atom stereocenters. The Morgan fingerprint density at radius 1 is 1.25 bits per heavy atom.